The Balaban J connectivity index is 1.42. The van der Waals surface area contributed by atoms with Crippen molar-refractivity contribution >= 4 is 40.9 Å². The van der Waals surface area contributed by atoms with Crippen molar-refractivity contribution in [2.75, 3.05) is 24.4 Å². The quantitative estimate of drug-likeness (QED) is 0.105. The van der Waals surface area contributed by atoms with Gasteiger partial charge in [-0.2, -0.15) is 0 Å². The second kappa shape index (κ2) is 14.7. The molecule has 4 rings (SSSR count). The molecule has 2 amide bonds. The van der Waals surface area contributed by atoms with Crippen molar-refractivity contribution in [3.63, 3.8) is 0 Å². The number of nitrogens with one attached hydrogen (secondary N) is 2. The van der Waals surface area contributed by atoms with E-state index in [1.807, 2.05) is 61.5 Å². The minimum absolute atomic E-state index is 0.198. The third-order valence-corrected chi connectivity index (χ3v) is 7.44. The zero-order valence-electron chi connectivity index (χ0n) is 23.0. The highest BCUT2D eigenvalue weighted by Gasteiger charge is 2.22. The monoisotopic (exact) mass is 568 g/mol. The maximum absolute atomic E-state index is 13.4. The topological polar surface area (TPSA) is 93.7 Å². The van der Waals surface area contributed by atoms with Crippen LogP contribution in [-0.2, 0) is 9.53 Å². The Kier molecular flexibility index (Phi) is 10.6. The van der Waals surface area contributed by atoms with Crippen LogP contribution in [0.3, 0.4) is 0 Å². The van der Waals surface area contributed by atoms with E-state index in [9.17, 15) is 14.4 Å². The van der Waals surface area contributed by atoms with Gasteiger partial charge in [0.15, 0.2) is 0 Å². The average molecular weight is 569 g/mol. The van der Waals surface area contributed by atoms with E-state index in [0.29, 0.717) is 34.9 Å². The fourth-order valence-corrected chi connectivity index (χ4v) is 4.91. The fraction of sp³-hybridized carbons (Fsp3) is 0.182. The molecule has 2 N–H and O–H groups in total. The number of amides is 2. The summed E-state index contributed by atoms with van der Waals surface area (Å²) in [6.45, 7) is 2.42. The van der Waals surface area contributed by atoms with Crippen LogP contribution < -0.4 is 15.4 Å². The summed E-state index contributed by atoms with van der Waals surface area (Å²) in [5.74, 6) is -0.122. The highest BCUT2D eigenvalue weighted by atomic mass is 32.2. The van der Waals surface area contributed by atoms with Gasteiger partial charge in [0.05, 0.1) is 19.3 Å². The Morgan fingerprint density at radius 2 is 1.37 bits per heavy atom. The number of thioether (sulfide) groups is 1. The predicted octanol–water partition coefficient (Wildman–Crippen LogP) is 7.38. The number of methoxy groups -OCH3 is 1. The normalized spacial score (nSPS) is 11.3. The van der Waals surface area contributed by atoms with E-state index in [2.05, 4.69) is 10.6 Å². The standard InChI is InChI=1S/C33H32N2O5S/c1-3-4-22-40-33(38)25-10-14-26(15-11-25)35-32(37)30(23-8-6-5-7-9-23)41-29-20-16-27(17-21-29)34-31(36)24-12-18-28(39-2)19-13-24/h5-21,30H,3-4,22H2,1-2H3,(H,34,36)(H,35,37). The third kappa shape index (κ3) is 8.46. The van der Waals surface area contributed by atoms with Crippen LogP contribution in [0.25, 0.3) is 0 Å². The van der Waals surface area contributed by atoms with Gasteiger partial charge in [-0.3, -0.25) is 9.59 Å². The first kappa shape index (κ1) is 29.4. The van der Waals surface area contributed by atoms with Crippen LogP contribution in [0.1, 0.15) is 51.3 Å². The van der Waals surface area contributed by atoms with Crippen LogP contribution in [0.2, 0.25) is 0 Å². The zero-order chi connectivity index (χ0) is 29.0. The summed E-state index contributed by atoms with van der Waals surface area (Å²) in [5.41, 5.74) is 3.03. The highest BCUT2D eigenvalue weighted by Crippen LogP contribution is 2.36. The van der Waals surface area contributed by atoms with Crippen molar-refractivity contribution in [2.24, 2.45) is 0 Å². The predicted molar refractivity (Wildman–Crippen MR) is 163 cm³/mol. The molecule has 0 aliphatic carbocycles. The molecule has 0 heterocycles. The van der Waals surface area contributed by atoms with E-state index in [0.717, 1.165) is 23.3 Å². The molecule has 0 fully saturated rings. The molecule has 0 saturated carbocycles. The summed E-state index contributed by atoms with van der Waals surface area (Å²) in [6.07, 6.45) is 1.77. The molecule has 8 heteroatoms. The smallest absolute Gasteiger partial charge is 0.338 e. The van der Waals surface area contributed by atoms with Crippen LogP contribution in [0.5, 0.6) is 5.75 Å². The van der Waals surface area contributed by atoms with E-state index in [4.69, 9.17) is 9.47 Å². The number of ether oxygens (including phenoxy) is 2. The summed E-state index contributed by atoms with van der Waals surface area (Å²) < 4.78 is 10.4. The number of benzene rings is 4. The van der Waals surface area contributed by atoms with Crippen molar-refractivity contribution < 1.29 is 23.9 Å². The number of carbonyl (C=O) groups excluding carboxylic acids is 3. The molecule has 0 aliphatic heterocycles. The molecule has 1 atom stereocenters. The van der Waals surface area contributed by atoms with Gasteiger partial charge in [-0.25, -0.2) is 4.79 Å². The molecule has 4 aromatic rings. The first-order valence-corrected chi connectivity index (χ1v) is 14.2. The van der Waals surface area contributed by atoms with Crippen molar-refractivity contribution in [2.45, 2.75) is 29.9 Å². The second-order valence-electron chi connectivity index (χ2n) is 9.17. The van der Waals surface area contributed by atoms with Gasteiger partial charge in [0.2, 0.25) is 5.91 Å². The molecule has 4 aromatic carbocycles. The Bertz CT molecular complexity index is 1440. The average Bonchev–Trinajstić information content (AvgIpc) is 3.01. The van der Waals surface area contributed by atoms with Crippen LogP contribution in [0, 0.1) is 0 Å². The lowest BCUT2D eigenvalue weighted by atomic mass is 10.1. The molecule has 7 nitrogen and oxygen atoms in total. The van der Waals surface area contributed by atoms with Gasteiger partial charge in [0.25, 0.3) is 5.91 Å². The molecule has 0 aliphatic rings. The molecule has 0 spiro atoms. The lowest BCUT2D eigenvalue weighted by Crippen LogP contribution is -2.19. The van der Waals surface area contributed by atoms with Gasteiger partial charge >= 0.3 is 5.97 Å². The zero-order valence-corrected chi connectivity index (χ0v) is 23.8. The molecule has 41 heavy (non-hydrogen) atoms. The molecular weight excluding hydrogens is 536 g/mol. The van der Waals surface area contributed by atoms with Gasteiger partial charge in [0, 0.05) is 21.8 Å². The van der Waals surface area contributed by atoms with Crippen LogP contribution in [0.4, 0.5) is 11.4 Å². The minimum Gasteiger partial charge on any atom is -0.497 e. The lowest BCUT2D eigenvalue weighted by Gasteiger charge is -2.17. The maximum Gasteiger partial charge on any atom is 0.338 e. The Labute approximate surface area is 244 Å². The fourth-order valence-electron chi connectivity index (χ4n) is 3.89. The molecule has 1 unspecified atom stereocenters. The Hall–Kier alpha value is -4.56. The molecular formula is C33H32N2O5S. The second-order valence-corrected chi connectivity index (χ2v) is 10.4. The van der Waals surface area contributed by atoms with E-state index >= 15 is 0 Å². The first-order chi connectivity index (χ1) is 20.0. The largest absolute Gasteiger partial charge is 0.497 e. The maximum atomic E-state index is 13.4. The van der Waals surface area contributed by atoms with Crippen molar-refractivity contribution in [3.8, 4) is 5.75 Å². The number of esters is 1. The van der Waals surface area contributed by atoms with Gasteiger partial charge in [-0.1, -0.05) is 43.7 Å². The van der Waals surface area contributed by atoms with Crippen molar-refractivity contribution in [1.29, 1.82) is 0 Å². The highest BCUT2D eigenvalue weighted by molar-refractivity contribution is 8.00. The third-order valence-electron chi connectivity index (χ3n) is 6.18. The van der Waals surface area contributed by atoms with E-state index in [1.165, 1.54) is 11.8 Å². The van der Waals surface area contributed by atoms with Gasteiger partial charge in [-0.05, 0) is 84.8 Å². The molecule has 210 valence electrons. The SMILES string of the molecule is CCCCOC(=O)c1ccc(NC(=O)C(Sc2ccc(NC(=O)c3ccc(OC)cc3)cc2)c2ccccc2)cc1. The summed E-state index contributed by atoms with van der Waals surface area (Å²) in [5, 5.41) is 5.32. The van der Waals surface area contributed by atoms with Gasteiger partial charge < -0.3 is 20.1 Å². The van der Waals surface area contributed by atoms with Gasteiger partial charge in [-0.15, -0.1) is 11.8 Å². The molecule has 0 bridgehead atoms. The number of rotatable bonds is 12. The first-order valence-electron chi connectivity index (χ1n) is 13.3. The number of hydrogen-bond acceptors (Lipinski definition) is 6. The number of anilines is 2. The summed E-state index contributed by atoms with van der Waals surface area (Å²) in [6, 6.07) is 30.4. The molecule has 0 radical (unpaired) electrons. The number of carbonyl (C=O) groups is 3. The van der Waals surface area contributed by atoms with Gasteiger partial charge in [0.1, 0.15) is 11.0 Å². The van der Waals surface area contributed by atoms with E-state index < -0.39 is 5.25 Å². The van der Waals surface area contributed by atoms with E-state index in [-0.39, 0.29) is 17.8 Å². The molecule has 0 aromatic heterocycles. The molecule has 0 saturated heterocycles. The van der Waals surface area contributed by atoms with Crippen LogP contribution >= 0.6 is 11.8 Å². The Morgan fingerprint density at radius 3 is 2.00 bits per heavy atom. The lowest BCUT2D eigenvalue weighted by molar-refractivity contribution is -0.115. The van der Waals surface area contributed by atoms with Crippen LogP contribution in [-0.4, -0.2) is 31.5 Å². The summed E-state index contributed by atoms with van der Waals surface area (Å²) >= 11 is 1.40. The number of hydrogen-bond donors (Lipinski definition) is 2. The minimum atomic E-state index is -0.533. The van der Waals surface area contributed by atoms with Crippen LogP contribution in [0.15, 0.2) is 108 Å². The van der Waals surface area contributed by atoms with E-state index in [1.54, 1.807) is 55.6 Å². The summed E-state index contributed by atoms with van der Waals surface area (Å²) in [4.78, 5) is 39.1. The Morgan fingerprint density at radius 1 is 0.756 bits per heavy atom. The van der Waals surface area contributed by atoms with Crippen molar-refractivity contribution in [3.05, 3.63) is 120 Å². The summed E-state index contributed by atoms with van der Waals surface area (Å²) in [7, 11) is 1.58. The number of unbranched alkanes of at least 4 members (excludes halogenated alkanes) is 1. The van der Waals surface area contributed by atoms with Crippen molar-refractivity contribution in [1.82, 2.24) is 0 Å².